The highest BCUT2D eigenvalue weighted by atomic mass is 35.5. The lowest BCUT2D eigenvalue weighted by atomic mass is 10.3. The second kappa shape index (κ2) is 7.12. The molecule has 0 unspecified atom stereocenters. The Labute approximate surface area is 147 Å². The Balaban J connectivity index is 1.69. The lowest BCUT2D eigenvalue weighted by molar-refractivity contribution is -0.119. The number of hydrogen-bond donors (Lipinski definition) is 2. The fourth-order valence-corrected chi connectivity index (χ4v) is 3.76. The number of carbonyl (C=O) groups is 1. The number of hydrogen-bond acceptors (Lipinski definition) is 5. The molecule has 3 rings (SSSR count). The summed E-state index contributed by atoms with van der Waals surface area (Å²) in [4.78, 5) is 17.8. The number of thiazole rings is 1. The molecule has 0 spiro atoms. The SMILES string of the molecule is CC(=O)NCc1ccc(-c2csc(Nc3ccc(Cl)cc3)n2)s1. The molecule has 0 saturated heterocycles. The molecule has 1 amide bonds. The van der Waals surface area contributed by atoms with Gasteiger partial charge in [0, 0.05) is 27.9 Å². The summed E-state index contributed by atoms with van der Waals surface area (Å²) in [6.45, 7) is 2.07. The molecule has 7 heteroatoms. The summed E-state index contributed by atoms with van der Waals surface area (Å²) < 4.78 is 0. The molecular weight excluding hydrogens is 350 g/mol. The number of benzene rings is 1. The minimum absolute atomic E-state index is 0.0249. The molecule has 0 aliphatic heterocycles. The summed E-state index contributed by atoms with van der Waals surface area (Å²) in [5.74, 6) is -0.0249. The molecule has 0 saturated carbocycles. The Bertz CT molecular complexity index is 811. The van der Waals surface area contributed by atoms with Crippen molar-refractivity contribution in [2.24, 2.45) is 0 Å². The van der Waals surface area contributed by atoms with Crippen molar-refractivity contribution >= 4 is 51.0 Å². The largest absolute Gasteiger partial charge is 0.351 e. The second-order valence-corrected chi connectivity index (χ2v) is 7.31. The van der Waals surface area contributed by atoms with Gasteiger partial charge in [0.25, 0.3) is 0 Å². The first kappa shape index (κ1) is 16.0. The highest BCUT2D eigenvalue weighted by Crippen LogP contribution is 2.32. The number of amides is 1. The summed E-state index contributed by atoms with van der Waals surface area (Å²) in [5.41, 5.74) is 1.89. The van der Waals surface area contributed by atoms with E-state index < -0.39 is 0 Å². The van der Waals surface area contributed by atoms with Crippen LogP contribution in [0.5, 0.6) is 0 Å². The van der Waals surface area contributed by atoms with Gasteiger partial charge in [0.05, 0.1) is 17.1 Å². The van der Waals surface area contributed by atoms with Crippen LogP contribution in [0.3, 0.4) is 0 Å². The molecule has 2 N–H and O–H groups in total. The van der Waals surface area contributed by atoms with Gasteiger partial charge in [-0.25, -0.2) is 4.98 Å². The fourth-order valence-electron chi connectivity index (χ4n) is 1.92. The van der Waals surface area contributed by atoms with E-state index in [1.54, 1.807) is 22.7 Å². The molecule has 0 aliphatic carbocycles. The van der Waals surface area contributed by atoms with Crippen molar-refractivity contribution in [3.05, 3.63) is 51.7 Å². The first-order valence-electron chi connectivity index (χ1n) is 6.92. The minimum atomic E-state index is -0.0249. The van der Waals surface area contributed by atoms with Crippen molar-refractivity contribution < 1.29 is 4.79 Å². The molecule has 2 heterocycles. The van der Waals surface area contributed by atoms with Crippen LogP contribution in [0.15, 0.2) is 41.8 Å². The average molecular weight is 364 g/mol. The summed E-state index contributed by atoms with van der Waals surface area (Å²) in [6, 6.07) is 11.6. The molecular formula is C16H14ClN3OS2. The number of nitrogens with one attached hydrogen (secondary N) is 2. The predicted octanol–water partition coefficient (Wildman–Crippen LogP) is 4.90. The van der Waals surface area contributed by atoms with E-state index in [1.807, 2.05) is 41.8 Å². The quantitative estimate of drug-likeness (QED) is 0.677. The number of carbonyl (C=O) groups excluding carboxylic acids is 1. The first-order valence-corrected chi connectivity index (χ1v) is 8.99. The zero-order valence-corrected chi connectivity index (χ0v) is 14.7. The van der Waals surface area contributed by atoms with Crippen molar-refractivity contribution in [1.82, 2.24) is 10.3 Å². The van der Waals surface area contributed by atoms with Crippen LogP contribution in [0.4, 0.5) is 10.8 Å². The molecule has 4 nitrogen and oxygen atoms in total. The number of nitrogens with zero attached hydrogens (tertiary/aromatic N) is 1. The number of rotatable bonds is 5. The van der Waals surface area contributed by atoms with Gasteiger partial charge >= 0.3 is 0 Å². The lowest BCUT2D eigenvalue weighted by Gasteiger charge is -2.01. The van der Waals surface area contributed by atoms with E-state index in [0.29, 0.717) is 11.6 Å². The highest BCUT2D eigenvalue weighted by molar-refractivity contribution is 7.17. The van der Waals surface area contributed by atoms with Crippen LogP contribution >= 0.6 is 34.3 Å². The van der Waals surface area contributed by atoms with E-state index in [0.717, 1.165) is 26.3 Å². The number of aromatic nitrogens is 1. The number of thiophene rings is 1. The number of anilines is 2. The predicted molar refractivity (Wildman–Crippen MR) is 97.7 cm³/mol. The molecule has 0 aliphatic rings. The maximum Gasteiger partial charge on any atom is 0.217 e. The fraction of sp³-hybridized carbons (Fsp3) is 0.125. The maximum atomic E-state index is 11.0. The normalized spacial score (nSPS) is 10.5. The van der Waals surface area contributed by atoms with E-state index >= 15 is 0 Å². The summed E-state index contributed by atoms with van der Waals surface area (Å²) in [7, 11) is 0. The zero-order chi connectivity index (χ0) is 16.2. The van der Waals surface area contributed by atoms with Crippen molar-refractivity contribution in [3.8, 4) is 10.6 Å². The van der Waals surface area contributed by atoms with Crippen molar-refractivity contribution in [1.29, 1.82) is 0 Å². The van der Waals surface area contributed by atoms with E-state index in [1.165, 1.54) is 6.92 Å². The molecule has 3 aromatic rings. The summed E-state index contributed by atoms with van der Waals surface area (Å²) in [6.07, 6.45) is 0. The van der Waals surface area contributed by atoms with E-state index in [4.69, 9.17) is 11.6 Å². The van der Waals surface area contributed by atoms with E-state index in [-0.39, 0.29) is 5.91 Å². The number of halogens is 1. The van der Waals surface area contributed by atoms with Crippen LogP contribution in [0.1, 0.15) is 11.8 Å². The zero-order valence-electron chi connectivity index (χ0n) is 12.3. The molecule has 0 fully saturated rings. The van der Waals surface area contributed by atoms with Crippen LogP contribution in [-0.2, 0) is 11.3 Å². The van der Waals surface area contributed by atoms with E-state index in [9.17, 15) is 4.79 Å². The molecule has 2 aromatic heterocycles. The third kappa shape index (κ3) is 4.31. The van der Waals surface area contributed by atoms with Gasteiger partial charge in [-0.1, -0.05) is 11.6 Å². The Morgan fingerprint density at radius 1 is 1.22 bits per heavy atom. The van der Waals surface area contributed by atoms with Crippen molar-refractivity contribution in [2.75, 3.05) is 5.32 Å². The highest BCUT2D eigenvalue weighted by Gasteiger charge is 2.08. The summed E-state index contributed by atoms with van der Waals surface area (Å²) in [5, 5.41) is 9.63. The van der Waals surface area contributed by atoms with Crippen molar-refractivity contribution in [2.45, 2.75) is 13.5 Å². The third-order valence-electron chi connectivity index (χ3n) is 3.03. The Morgan fingerprint density at radius 2 is 2.00 bits per heavy atom. The molecule has 0 radical (unpaired) electrons. The van der Waals surface area contributed by atoms with Gasteiger partial charge in [0.15, 0.2) is 5.13 Å². The smallest absolute Gasteiger partial charge is 0.217 e. The Hall–Kier alpha value is -1.89. The van der Waals surface area contributed by atoms with Gasteiger partial charge in [-0.2, -0.15) is 0 Å². The van der Waals surface area contributed by atoms with Gasteiger partial charge in [-0.05, 0) is 36.4 Å². The minimum Gasteiger partial charge on any atom is -0.351 e. The topological polar surface area (TPSA) is 54.0 Å². The summed E-state index contributed by atoms with van der Waals surface area (Å²) >= 11 is 9.07. The molecule has 23 heavy (non-hydrogen) atoms. The van der Waals surface area contributed by atoms with Crippen LogP contribution in [0.2, 0.25) is 5.02 Å². The average Bonchev–Trinajstić information content (AvgIpc) is 3.16. The van der Waals surface area contributed by atoms with Crippen LogP contribution < -0.4 is 10.6 Å². The molecule has 0 bridgehead atoms. The van der Waals surface area contributed by atoms with Crippen LogP contribution in [0.25, 0.3) is 10.6 Å². The third-order valence-corrected chi connectivity index (χ3v) is 5.14. The van der Waals surface area contributed by atoms with Gasteiger partial charge in [-0.15, -0.1) is 22.7 Å². The maximum absolute atomic E-state index is 11.0. The Morgan fingerprint density at radius 3 is 2.74 bits per heavy atom. The van der Waals surface area contributed by atoms with Crippen LogP contribution in [0, 0.1) is 0 Å². The second-order valence-electron chi connectivity index (χ2n) is 4.85. The first-order chi connectivity index (χ1) is 11.1. The van der Waals surface area contributed by atoms with Crippen molar-refractivity contribution in [3.63, 3.8) is 0 Å². The molecule has 1 aromatic carbocycles. The van der Waals surface area contributed by atoms with Gasteiger partial charge in [-0.3, -0.25) is 4.79 Å². The van der Waals surface area contributed by atoms with Gasteiger partial charge < -0.3 is 10.6 Å². The van der Waals surface area contributed by atoms with Gasteiger partial charge in [0.2, 0.25) is 5.91 Å². The lowest BCUT2D eigenvalue weighted by Crippen LogP contribution is -2.17. The standard InChI is InChI=1S/C16H14ClN3OS2/c1-10(21)18-8-13-6-7-15(23-13)14-9-22-16(20-14)19-12-4-2-11(17)3-5-12/h2-7,9H,8H2,1H3,(H,18,21)(H,19,20). The monoisotopic (exact) mass is 363 g/mol. The Kier molecular flexibility index (Phi) is 4.95. The molecule has 118 valence electrons. The van der Waals surface area contributed by atoms with E-state index in [2.05, 4.69) is 15.6 Å². The van der Waals surface area contributed by atoms with Gasteiger partial charge in [0.1, 0.15) is 0 Å². The van der Waals surface area contributed by atoms with Crippen LogP contribution in [-0.4, -0.2) is 10.9 Å². The molecule has 0 atom stereocenters.